The number of nitrogens with zero attached hydrogens (tertiary/aromatic N) is 2. The van der Waals surface area contributed by atoms with E-state index in [1.807, 2.05) is 13.8 Å². The molecule has 0 aliphatic heterocycles. The molecule has 0 aliphatic rings. The van der Waals surface area contributed by atoms with Gasteiger partial charge in [0.1, 0.15) is 5.82 Å². The highest BCUT2D eigenvalue weighted by Gasteiger charge is 2.21. The Morgan fingerprint density at radius 2 is 1.59 bits per heavy atom. The van der Waals surface area contributed by atoms with Gasteiger partial charge in [-0.25, -0.2) is 19.2 Å². The molecule has 2 aromatic carbocycles. The maximum Gasteiger partial charge on any atom is 0.338 e. The van der Waals surface area contributed by atoms with E-state index in [1.165, 1.54) is 19.1 Å². The van der Waals surface area contributed by atoms with Crippen LogP contribution in [0.4, 0.5) is 4.39 Å². The SMILES string of the molecule is Cc1nc2ccc(C(=O)OC(C)C(=O)NC(C)c3ccc(F)cc3)cc2nc1C. The van der Waals surface area contributed by atoms with E-state index in [4.69, 9.17) is 4.74 Å². The number of fused-ring (bicyclic) bond motifs is 1. The number of carbonyl (C=O) groups is 2. The molecule has 150 valence electrons. The van der Waals surface area contributed by atoms with Gasteiger partial charge in [0.2, 0.25) is 0 Å². The van der Waals surface area contributed by atoms with Gasteiger partial charge in [-0.3, -0.25) is 4.79 Å². The number of rotatable bonds is 5. The normalized spacial score (nSPS) is 13.0. The summed E-state index contributed by atoms with van der Waals surface area (Å²) in [6.45, 7) is 6.99. The minimum Gasteiger partial charge on any atom is -0.449 e. The molecule has 2 unspecified atom stereocenters. The molecule has 0 fully saturated rings. The van der Waals surface area contributed by atoms with Crippen LogP contribution in [0.2, 0.25) is 0 Å². The molecule has 3 rings (SSSR count). The summed E-state index contributed by atoms with van der Waals surface area (Å²) in [5, 5.41) is 2.75. The van der Waals surface area contributed by atoms with Gasteiger partial charge >= 0.3 is 5.97 Å². The van der Waals surface area contributed by atoms with E-state index in [2.05, 4.69) is 15.3 Å². The first-order chi connectivity index (χ1) is 13.7. The fourth-order valence-electron chi connectivity index (χ4n) is 2.81. The van der Waals surface area contributed by atoms with E-state index >= 15 is 0 Å². The van der Waals surface area contributed by atoms with Gasteiger partial charge in [-0.2, -0.15) is 0 Å². The van der Waals surface area contributed by atoms with Gasteiger partial charge in [0.05, 0.1) is 34.0 Å². The van der Waals surface area contributed by atoms with E-state index < -0.39 is 18.0 Å². The lowest BCUT2D eigenvalue weighted by molar-refractivity contribution is -0.129. The summed E-state index contributed by atoms with van der Waals surface area (Å²) in [5.41, 5.74) is 3.92. The number of hydrogen-bond donors (Lipinski definition) is 1. The van der Waals surface area contributed by atoms with Crippen molar-refractivity contribution in [2.75, 3.05) is 0 Å². The van der Waals surface area contributed by atoms with Crippen LogP contribution >= 0.6 is 0 Å². The second kappa shape index (κ2) is 8.34. The number of halogens is 1. The summed E-state index contributed by atoms with van der Waals surface area (Å²) < 4.78 is 18.3. The lowest BCUT2D eigenvalue weighted by Gasteiger charge is -2.18. The molecule has 0 bridgehead atoms. The third-order valence-corrected chi connectivity index (χ3v) is 4.69. The van der Waals surface area contributed by atoms with E-state index in [0.717, 1.165) is 17.0 Å². The lowest BCUT2D eigenvalue weighted by Crippen LogP contribution is -2.37. The Hall–Kier alpha value is -3.35. The fraction of sp³-hybridized carbons (Fsp3) is 0.273. The Bertz CT molecular complexity index is 1070. The highest BCUT2D eigenvalue weighted by molar-refractivity contribution is 5.95. The molecule has 6 nitrogen and oxygen atoms in total. The van der Waals surface area contributed by atoms with Crippen molar-refractivity contribution in [3.63, 3.8) is 0 Å². The van der Waals surface area contributed by atoms with Crippen LogP contribution < -0.4 is 5.32 Å². The fourth-order valence-corrected chi connectivity index (χ4v) is 2.81. The van der Waals surface area contributed by atoms with Crippen LogP contribution in [0.1, 0.15) is 47.2 Å². The largest absolute Gasteiger partial charge is 0.449 e. The van der Waals surface area contributed by atoms with Gasteiger partial charge in [-0.15, -0.1) is 0 Å². The number of ether oxygens (including phenoxy) is 1. The van der Waals surface area contributed by atoms with Gasteiger partial charge in [0, 0.05) is 0 Å². The lowest BCUT2D eigenvalue weighted by atomic mass is 10.1. The molecule has 0 aliphatic carbocycles. The van der Waals surface area contributed by atoms with Crippen molar-refractivity contribution in [2.24, 2.45) is 0 Å². The van der Waals surface area contributed by atoms with Crippen LogP contribution in [0.5, 0.6) is 0 Å². The molecule has 0 spiro atoms. The summed E-state index contributed by atoms with van der Waals surface area (Å²) in [4.78, 5) is 33.7. The number of aryl methyl sites for hydroxylation is 2. The van der Waals surface area contributed by atoms with Crippen LogP contribution in [-0.4, -0.2) is 27.9 Å². The van der Waals surface area contributed by atoms with Crippen LogP contribution in [0, 0.1) is 19.7 Å². The maximum atomic E-state index is 13.0. The number of carbonyl (C=O) groups excluding carboxylic acids is 2. The highest BCUT2D eigenvalue weighted by Crippen LogP contribution is 2.17. The number of aromatic nitrogens is 2. The Kier molecular flexibility index (Phi) is 5.87. The van der Waals surface area contributed by atoms with Crippen LogP contribution in [0.15, 0.2) is 42.5 Å². The van der Waals surface area contributed by atoms with Crippen molar-refractivity contribution >= 4 is 22.9 Å². The number of benzene rings is 2. The van der Waals surface area contributed by atoms with Crippen molar-refractivity contribution in [3.05, 3.63) is 70.8 Å². The van der Waals surface area contributed by atoms with Crippen LogP contribution in [-0.2, 0) is 9.53 Å². The topological polar surface area (TPSA) is 81.2 Å². The molecule has 7 heteroatoms. The molecule has 1 amide bonds. The van der Waals surface area contributed by atoms with E-state index in [0.29, 0.717) is 16.6 Å². The van der Waals surface area contributed by atoms with Gasteiger partial charge in [0.25, 0.3) is 5.91 Å². The quantitative estimate of drug-likeness (QED) is 0.665. The molecule has 3 aromatic rings. The first kappa shape index (κ1) is 20.4. The number of amides is 1. The average molecular weight is 395 g/mol. The molecule has 1 heterocycles. The van der Waals surface area contributed by atoms with Crippen molar-refractivity contribution in [2.45, 2.75) is 39.8 Å². The third kappa shape index (κ3) is 4.74. The Labute approximate surface area is 168 Å². The molecule has 29 heavy (non-hydrogen) atoms. The number of nitrogens with one attached hydrogen (secondary N) is 1. The van der Waals surface area contributed by atoms with Gasteiger partial charge in [-0.1, -0.05) is 12.1 Å². The maximum absolute atomic E-state index is 13.0. The molecule has 0 radical (unpaired) electrons. The van der Waals surface area contributed by atoms with E-state index in [1.54, 1.807) is 37.3 Å². The zero-order chi connectivity index (χ0) is 21.1. The van der Waals surface area contributed by atoms with Crippen molar-refractivity contribution < 1.29 is 18.7 Å². The number of esters is 1. The standard InChI is InChI=1S/C22H22FN3O3/c1-12-13(2)25-20-11-17(7-10-19(20)24-12)22(28)29-15(4)21(27)26-14(3)16-5-8-18(23)9-6-16/h5-11,14-15H,1-4H3,(H,26,27). The average Bonchev–Trinajstić information content (AvgIpc) is 2.68. The summed E-state index contributed by atoms with van der Waals surface area (Å²) >= 11 is 0. The smallest absolute Gasteiger partial charge is 0.338 e. The first-order valence-electron chi connectivity index (χ1n) is 9.26. The van der Waals surface area contributed by atoms with Crippen LogP contribution in [0.25, 0.3) is 11.0 Å². The van der Waals surface area contributed by atoms with Gasteiger partial charge < -0.3 is 10.1 Å². The summed E-state index contributed by atoms with van der Waals surface area (Å²) in [5.74, 6) is -1.41. The molecule has 0 saturated carbocycles. The van der Waals surface area contributed by atoms with Crippen molar-refractivity contribution in [1.29, 1.82) is 0 Å². The molecular formula is C22H22FN3O3. The molecule has 0 saturated heterocycles. The van der Waals surface area contributed by atoms with E-state index in [9.17, 15) is 14.0 Å². The third-order valence-electron chi connectivity index (χ3n) is 4.69. The zero-order valence-electron chi connectivity index (χ0n) is 16.7. The summed E-state index contributed by atoms with van der Waals surface area (Å²) in [7, 11) is 0. The Morgan fingerprint density at radius 1 is 0.966 bits per heavy atom. The highest BCUT2D eigenvalue weighted by atomic mass is 19.1. The molecule has 2 atom stereocenters. The van der Waals surface area contributed by atoms with E-state index in [-0.39, 0.29) is 11.9 Å². The van der Waals surface area contributed by atoms with Crippen LogP contribution in [0.3, 0.4) is 0 Å². The van der Waals surface area contributed by atoms with Crippen molar-refractivity contribution in [1.82, 2.24) is 15.3 Å². The molecule has 1 aromatic heterocycles. The van der Waals surface area contributed by atoms with Gasteiger partial charge in [-0.05, 0) is 63.6 Å². The molecule has 1 N–H and O–H groups in total. The number of hydrogen-bond acceptors (Lipinski definition) is 5. The predicted octanol–water partition coefficient (Wildman–Crippen LogP) is 3.81. The second-order valence-electron chi connectivity index (χ2n) is 6.93. The second-order valence-corrected chi connectivity index (χ2v) is 6.93. The van der Waals surface area contributed by atoms with Gasteiger partial charge in [0.15, 0.2) is 6.10 Å². The zero-order valence-corrected chi connectivity index (χ0v) is 16.7. The Balaban J connectivity index is 1.66. The minimum atomic E-state index is -0.994. The monoisotopic (exact) mass is 395 g/mol. The summed E-state index contributed by atoms with van der Waals surface area (Å²) in [6.07, 6.45) is -0.994. The first-order valence-corrected chi connectivity index (χ1v) is 9.26. The summed E-state index contributed by atoms with van der Waals surface area (Å²) in [6, 6.07) is 10.4. The minimum absolute atomic E-state index is 0.293. The molecular weight excluding hydrogens is 373 g/mol. The predicted molar refractivity (Wildman–Crippen MR) is 107 cm³/mol. The Morgan fingerprint density at radius 3 is 2.24 bits per heavy atom. The van der Waals surface area contributed by atoms with Crippen molar-refractivity contribution in [3.8, 4) is 0 Å².